The first-order chi connectivity index (χ1) is 5.08. The summed E-state index contributed by atoms with van der Waals surface area (Å²) >= 11 is 0. The third-order valence-electron chi connectivity index (χ3n) is 0.945. The summed E-state index contributed by atoms with van der Waals surface area (Å²) < 4.78 is 23.6. The van der Waals surface area contributed by atoms with E-state index in [-0.39, 0.29) is 0 Å². The van der Waals surface area contributed by atoms with Gasteiger partial charge in [-0.1, -0.05) is 12.1 Å². The lowest BCUT2D eigenvalue weighted by Crippen LogP contribution is -2.08. The van der Waals surface area contributed by atoms with Crippen LogP contribution in [0, 0.1) is 12.1 Å². The largest absolute Gasteiger partial charge is 0.276 e. The minimum Gasteiger partial charge on any atom is -0.276 e. The summed E-state index contributed by atoms with van der Waals surface area (Å²) in [5.74, 6) is 0. The first-order valence-electron chi connectivity index (χ1n) is 2.94. The topological polar surface area (TPSA) is 46.2 Å². The third-order valence-corrected chi connectivity index (χ3v) is 1.54. The highest BCUT2D eigenvalue weighted by atomic mass is 32.2. The first kappa shape index (κ1) is 7.89. The summed E-state index contributed by atoms with van der Waals surface area (Å²) in [5, 5.41) is 0. The first-order valence-corrected chi connectivity index (χ1v) is 4.83. The zero-order chi connectivity index (χ0) is 8.32. The fraction of sp³-hybridized carbons (Fsp3) is 0.143. The highest BCUT2D eigenvalue weighted by Crippen LogP contribution is 2.01. The molecule has 4 heteroatoms. The standard InChI is InChI=1S/C7H7NO2S/c1-11(9,10)8-7-5-3-2-4-6-7/h2-3,5,8H,1H3. The second kappa shape index (κ2) is 2.81. The predicted molar refractivity (Wildman–Crippen MR) is 42.6 cm³/mol. The lowest BCUT2D eigenvalue weighted by molar-refractivity contribution is 0.607. The maximum absolute atomic E-state index is 10.7. The van der Waals surface area contributed by atoms with Crippen LogP contribution in [0.5, 0.6) is 0 Å². The van der Waals surface area contributed by atoms with Crippen molar-refractivity contribution in [3.63, 3.8) is 0 Å². The molecule has 0 heterocycles. The van der Waals surface area contributed by atoms with Gasteiger partial charge in [-0.25, -0.2) is 8.42 Å². The van der Waals surface area contributed by atoms with Crippen LogP contribution in [0.25, 0.3) is 0 Å². The van der Waals surface area contributed by atoms with Crippen molar-refractivity contribution in [1.82, 2.24) is 0 Å². The van der Waals surface area contributed by atoms with Gasteiger partial charge >= 0.3 is 0 Å². The Hall–Kier alpha value is -1.21. The molecule has 1 rings (SSSR count). The Morgan fingerprint density at radius 2 is 2.27 bits per heavy atom. The van der Waals surface area contributed by atoms with Crippen LogP contribution in [0.1, 0.15) is 0 Å². The number of hydrogen-bond donors (Lipinski definition) is 1. The summed E-state index contributed by atoms with van der Waals surface area (Å²) in [7, 11) is -3.18. The van der Waals surface area contributed by atoms with Crippen LogP contribution < -0.4 is 4.72 Å². The van der Waals surface area contributed by atoms with Gasteiger partial charge in [-0.05, 0) is 18.2 Å². The zero-order valence-electron chi connectivity index (χ0n) is 5.96. The Morgan fingerprint density at radius 1 is 1.55 bits per heavy atom. The lowest BCUT2D eigenvalue weighted by atomic mass is 10.4. The molecule has 11 heavy (non-hydrogen) atoms. The van der Waals surface area contributed by atoms with Gasteiger partial charge in [0.15, 0.2) is 0 Å². The van der Waals surface area contributed by atoms with Crippen molar-refractivity contribution in [1.29, 1.82) is 0 Å². The molecule has 3 nitrogen and oxygen atoms in total. The normalized spacial score (nSPS) is 10.3. The highest BCUT2D eigenvalue weighted by molar-refractivity contribution is 7.92. The van der Waals surface area contributed by atoms with E-state index in [1.54, 1.807) is 18.2 Å². The molecule has 0 amide bonds. The van der Waals surface area contributed by atoms with Crippen molar-refractivity contribution < 1.29 is 8.42 Å². The molecule has 0 unspecified atom stereocenters. The van der Waals surface area contributed by atoms with Crippen molar-refractivity contribution in [2.45, 2.75) is 0 Å². The van der Waals surface area contributed by atoms with Crippen molar-refractivity contribution in [2.24, 2.45) is 0 Å². The van der Waals surface area contributed by atoms with Crippen molar-refractivity contribution in [3.8, 4) is 0 Å². The minimum absolute atomic E-state index is 0.412. The molecule has 0 saturated heterocycles. The second-order valence-electron chi connectivity index (χ2n) is 2.08. The summed E-state index contributed by atoms with van der Waals surface area (Å²) in [6, 6.07) is 10.2. The quantitative estimate of drug-likeness (QED) is 0.706. The van der Waals surface area contributed by atoms with Gasteiger partial charge in [0.05, 0.1) is 11.9 Å². The van der Waals surface area contributed by atoms with E-state index < -0.39 is 10.0 Å². The highest BCUT2D eigenvalue weighted by Gasteiger charge is 1.98. The molecule has 1 aromatic rings. The van der Waals surface area contributed by atoms with E-state index in [1.165, 1.54) is 0 Å². The van der Waals surface area contributed by atoms with Gasteiger partial charge in [0.25, 0.3) is 0 Å². The summed E-state index contributed by atoms with van der Waals surface area (Å²) in [5.41, 5.74) is 0.412. The summed E-state index contributed by atoms with van der Waals surface area (Å²) in [6.45, 7) is 0. The zero-order valence-corrected chi connectivity index (χ0v) is 6.77. The minimum atomic E-state index is -3.18. The van der Waals surface area contributed by atoms with E-state index in [2.05, 4.69) is 16.9 Å². The maximum atomic E-state index is 10.7. The van der Waals surface area contributed by atoms with Gasteiger partial charge in [-0.3, -0.25) is 4.72 Å². The number of anilines is 1. The van der Waals surface area contributed by atoms with Crippen LogP contribution >= 0.6 is 0 Å². The number of nitrogens with one attached hydrogen (secondary N) is 1. The van der Waals surface area contributed by atoms with Crippen LogP contribution in [0.4, 0.5) is 5.69 Å². The molecule has 0 radical (unpaired) electrons. The second-order valence-corrected chi connectivity index (χ2v) is 3.83. The SMILES string of the molecule is CS(=O)(=O)Nc1c#cccc1. The van der Waals surface area contributed by atoms with Crippen LogP contribution in [-0.4, -0.2) is 14.7 Å². The molecular weight excluding hydrogens is 162 g/mol. The fourth-order valence-electron chi connectivity index (χ4n) is 0.613. The molecule has 0 spiro atoms. The Balaban J connectivity index is 2.82. The molecule has 0 aliphatic rings. The molecule has 58 valence electrons. The van der Waals surface area contributed by atoms with Gasteiger partial charge in [0.1, 0.15) is 0 Å². The molecule has 1 aromatic carbocycles. The van der Waals surface area contributed by atoms with Gasteiger partial charge in [0, 0.05) is 0 Å². The Morgan fingerprint density at radius 3 is 2.73 bits per heavy atom. The Kier molecular flexibility index (Phi) is 2.01. The van der Waals surface area contributed by atoms with E-state index in [1.807, 2.05) is 0 Å². The van der Waals surface area contributed by atoms with Gasteiger partial charge < -0.3 is 0 Å². The van der Waals surface area contributed by atoms with Crippen molar-refractivity contribution in [2.75, 3.05) is 11.0 Å². The fourth-order valence-corrected chi connectivity index (χ4v) is 1.13. The van der Waals surface area contributed by atoms with Gasteiger partial charge in [-0.15, -0.1) is 0 Å². The molecule has 0 aliphatic carbocycles. The van der Waals surface area contributed by atoms with E-state index >= 15 is 0 Å². The van der Waals surface area contributed by atoms with Gasteiger partial charge in [-0.2, -0.15) is 0 Å². The number of rotatable bonds is 2. The Bertz CT molecular complexity index is 318. The summed E-state index contributed by atoms with van der Waals surface area (Å²) in [6.07, 6.45) is 1.09. The van der Waals surface area contributed by atoms with E-state index in [0.29, 0.717) is 5.69 Å². The molecule has 0 atom stereocenters. The van der Waals surface area contributed by atoms with E-state index in [9.17, 15) is 8.42 Å². The monoisotopic (exact) mass is 169 g/mol. The average molecular weight is 169 g/mol. The molecule has 0 saturated carbocycles. The average Bonchev–Trinajstić information content (AvgIpc) is 1.85. The molecular formula is C7H7NO2S. The van der Waals surface area contributed by atoms with E-state index in [4.69, 9.17) is 0 Å². The summed E-state index contributed by atoms with van der Waals surface area (Å²) in [4.78, 5) is 0. The maximum Gasteiger partial charge on any atom is 0.230 e. The molecule has 1 N–H and O–H groups in total. The molecule has 0 aliphatic heterocycles. The lowest BCUT2D eigenvalue weighted by Gasteiger charge is -1.97. The van der Waals surface area contributed by atoms with Crippen LogP contribution in [0.2, 0.25) is 0 Å². The molecule has 0 aromatic heterocycles. The van der Waals surface area contributed by atoms with Crippen molar-refractivity contribution in [3.05, 3.63) is 30.3 Å². The van der Waals surface area contributed by atoms with Crippen LogP contribution in [-0.2, 0) is 10.0 Å². The van der Waals surface area contributed by atoms with E-state index in [0.717, 1.165) is 6.26 Å². The third kappa shape index (κ3) is 2.92. The van der Waals surface area contributed by atoms with Crippen LogP contribution in [0.15, 0.2) is 18.2 Å². The molecule has 0 bridgehead atoms. The van der Waals surface area contributed by atoms with Crippen molar-refractivity contribution >= 4 is 15.7 Å². The number of sulfonamides is 1. The van der Waals surface area contributed by atoms with Gasteiger partial charge in [0.2, 0.25) is 10.0 Å². The smallest absolute Gasteiger partial charge is 0.230 e. The van der Waals surface area contributed by atoms with Crippen LogP contribution in [0.3, 0.4) is 0 Å². The molecule has 0 fully saturated rings. The number of hydrogen-bond acceptors (Lipinski definition) is 2. The predicted octanol–water partition coefficient (Wildman–Crippen LogP) is 0.658. The Labute approximate surface area is 66.1 Å².